The molecule has 1 aliphatic heterocycles. The Morgan fingerprint density at radius 3 is 2.80 bits per heavy atom. The average Bonchev–Trinajstić information content (AvgIpc) is 2.43. The average molecular weight is 282 g/mol. The molecule has 0 aromatic heterocycles. The first-order valence-electron chi connectivity index (χ1n) is 6.69. The van der Waals surface area contributed by atoms with Crippen LogP contribution in [0.3, 0.4) is 0 Å². The Labute approximate surface area is 117 Å². The number of rotatable bonds is 5. The molecule has 20 heavy (non-hydrogen) atoms. The molecule has 0 aliphatic carbocycles. The zero-order valence-corrected chi connectivity index (χ0v) is 11.5. The van der Waals surface area contributed by atoms with Gasteiger partial charge in [0.2, 0.25) is 0 Å². The fourth-order valence-electron chi connectivity index (χ4n) is 2.25. The third-order valence-electron chi connectivity index (χ3n) is 3.43. The minimum absolute atomic E-state index is 0.214. The third kappa shape index (κ3) is 3.64. The van der Waals surface area contributed by atoms with Crippen LogP contribution in [-0.4, -0.2) is 49.1 Å². The number of halogens is 1. The summed E-state index contributed by atoms with van der Waals surface area (Å²) in [5.74, 6) is -0.552. The van der Waals surface area contributed by atoms with E-state index in [1.165, 1.54) is 6.07 Å². The van der Waals surface area contributed by atoms with Gasteiger partial charge in [0.05, 0.1) is 11.0 Å². The monoisotopic (exact) mass is 282 g/mol. The smallest absolute Gasteiger partial charge is 0.295 e. The van der Waals surface area contributed by atoms with Gasteiger partial charge in [0.25, 0.3) is 5.69 Å². The minimum Gasteiger partial charge on any atom is -0.378 e. The van der Waals surface area contributed by atoms with Crippen LogP contribution in [0.1, 0.15) is 5.56 Å². The molecule has 0 atom stereocenters. The van der Waals surface area contributed by atoms with Gasteiger partial charge in [-0.05, 0) is 18.6 Å². The molecule has 2 N–H and O–H groups in total. The maximum Gasteiger partial charge on any atom is 0.295 e. The lowest BCUT2D eigenvalue weighted by molar-refractivity contribution is -0.384. The highest BCUT2D eigenvalue weighted by molar-refractivity contribution is 5.63. The zero-order chi connectivity index (χ0) is 14.5. The van der Waals surface area contributed by atoms with Crippen molar-refractivity contribution < 1.29 is 9.31 Å². The normalized spacial score (nSPS) is 16.1. The molecule has 1 fully saturated rings. The highest BCUT2D eigenvalue weighted by Crippen LogP contribution is 2.27. The van der Waals surface area contributed by atoms with Crippen molar-refractivity contribution in [3.05, 3.63) is 33.6 Å². The number of piperazine rings is 1. The number of nitrogens with one attached hydrogen (secondary N) is 2. The van der Waals surface area contributed by atoms with Gasteiger partial charge in [0.15, 0.2) is 0 Å². The number of hydrogen-bond donors (Lipinski definition) is 2. The molecular formula is C13H19FN4O2. The molecule has 1 aliphatic rings. The highest BCUT2D eigenvalue weighted by atomic mass is 19.1. The van der Waals surface area contributed by atoms with Crippen LogP contribution in [0.25, 0.3) is 0 Å². The molecule has 0 unspecified atom stereocenters. The first-order valence-corrected chi connectivity index (χ1v) is 6.69. The van der Waals surface area contributed by atoms with Crippen LogP contribution in [-0.2, 0) is 0 Å². The number of nitrogens with zero attached hydrogens (tertiary/aromatic N) is 2. The fourth-order valence-corrected chi connectivity index (χ4v) is 2.25. The van der Waals surface area contributed by atoms with E-state index in [0.717, 1.165) is 38.8 Å². The molecule has 7 heteroatoms. The van der Waals surface area contributed by atoms with Gasteiger partial charge in [-0.1, -0.05) is 0 Å². The summed E-state index contributed by atoms with van der Waals surface area (Å²) in [6.07, 6.45) is 0. The minimum atomic E-state index is -0.560. The molecule has 0 bridgehead atoms. The van der Waals surface area contributed by atoms with E-state index in [2.05, 4.69) is 15.5 Å². The van der Waals surface area contributed by atoms with Crippen molar-refractivity contribution in [1.82, 2.24) is 10.2 Å². The molecule has 1 heterocycles. The molecule has 0 radical (unpaired) electrons. The van der Waals surface area contributed by atoms with Crippen LogP contribution < -0.4 is 10.6 Å². The Bertz CT molecular complexity index is 490. The molecule has 6 nitrogen and oxygen atoms in total. The number of nitro benzene ring substituents is 1. The maximum absolute atomic E-state index is 13.4. The van der Waals surface area contributed by atoms with Gasteiger partial charge in [-0.25, -0.2) is 4.39 Å². The van der Waals surface area contributed by atoms with Gasteiger partial charge in [0.1, 0.15) is 11.5 Å². The number of aryl methyl sites for hydroxylation is 1. The maximum atomic E-state index is 13.4. The number of anilines is 1. The van der Waals surface area contributed by atoms with Gasteiger partial charge in [-0.3, -0.25) is 15.0 Å². The van der Waals surface area contributed by atoms with Crippen LogP contribution in [0, 0.1) is 22.9 Å². The van der Waals surface area contributed by atoms with Crippen molar-refractivity contribution in [2.75, 3.05) is 44.6 Å². The Hall–Kier alpha value is -1.73. The molecular weight excluding hydrogens is 263 g/mol. The highest BCUT2D eigenvalue weighted by Gasteiger charge is 2.17. The fraction of sp³-hybridized carbons (Fsp3) is 0.538. The molecule has 1 aromatic rings. The van der Waals surface area contributed by atoms with Crippen LogP contribution in [0.5, 0.6) is 0 Å². The van der Waals surface area contributed by atoms with Crippen molar-refractivity contribution in [3.63, 3.8) is 0 Å². The van der Waals surface area contributed by atoms with Crippen LogP contribution in [0.15, 0.2) is 12.1 Å². The van der Waals surface area contributed by atoms with Crippen molar-refractivity contribution in [2.45, 2.75) is 6.92 Å². The van der Waals surface area contributed by atoms with E-state index in [4.69, 9.17) is 0 Å². The lowest BCUT2D eigenvalue weighted by Gasteiger charge is -2.27. The van der Waals surface area contributed by atoms with E-state index < -0.39 is 10.7 Å². The number of hydrogen-bond acceptors (Lipinski definition) is 5. The van der Waals surface area contributed by atoms with Crippen LogP contribution in [0.4, 0.5) is 15.8 Å². The van der Waals surface area contributed by atoms with Crippen LogP contribution in [0.2, 0.25) is 0 Å². The third-order valence-corrected chi connectivity index (χ3v) is 3.43. The molecule has 110 valence electrons. The predicted molar refractivity (Wildman–Crippen MR) is 75.6 cm³/mol. The summed E-state index contributed by atoms with van der Waals surface area (Å²) in [4.78, 5) is 12.7. The van der Waals surface area contributed by atoms with Gasteiger partial charge in [-0.2, -0.15) is 0 Å². The first-order chi connectivity index (χ1) is 9.58. The summed E-state index contributed by atoms with van der Waals surface area (Å²) >= 11 is 0. The Morgan fingerprint density at radius 2 is 2.15 bits per heavy atom. The summed E-state index contributed by atoms with van der Waals surface area (Å²) in [5.41, 5.74) is 0.567. The Morgan fingerprint density at radius 1 is 1.45 bits per heavy atom. The SMILES string of the molecule is Cc1cc(NCCN2CCNCC2)c([N+](=O)[O-])cc1F. The molecule has 1 saturated heterocycles. The summed E-state index contributed by atoms with van der Waals surface area (Å²) in [6.45, 7) is 6.91. The van der Waals surface area contributed by atoms with Gasteiger partial charge < -0.3 is 10.6 Å². The molecule has 2 rings (SSSR count). The molecule has 1 aromatic carbocycles. The Kier molecular flexibility index (Phi) is 4.86. The van der Waals surface area contributed by atoms with Crippen molar-refractivity contribution >= 4 is 11.4 Å². The van der Waals surface area contributed by atoms with E-state index in [9.17, 15) is 14.5 Å². The summed E-state index contributed by atoms with van der Waals surface area (Å²) in [7, 11) is 0. The zero-order valence-electron chi connectivity index (χ0n) is 11.5. The van der Waals surface area contributed by atoms with E-state index in [1.54, 1.807) is 6.92 Å². The van der Waals surface area contributed by atoms with Crippen LogP contribution >= 0.6 is 0 Å². The second-order valence-corrected chi connectivity index (χ2v) is 4.89. The van der Waals surface area contributed by atoms with E-state index in [1.807, 2.05) is 0 Å². The largest absolute Gasteiger partial charge is 0.378 e. The van der Waals surface area contributed by atoms with E-state index in [0.29, 0.717) is 17.8 Å². The molecule has 0 spiro atoms. The summed E-state index contributed by atoms with van der Waals surface area (Å²) in [6, 6.07) is 2.47. The Balaban J connectivity index is 1.97. The topological polar surface area (TPSA) is 70.4 Å². The lowest BCUT2D eigenvalue weighted by atomic mass is 10.2. The summed E-state index contributed by atoms with van der Waals surface area (Å²) < 4.78 is 13.4. The van der Waals surface area contributed by atoms with Gasteiger partial charge in [-0.15, -0.1) is 0 Å². The van der Waals surface area contributed by atoms with Gasteiger partial charge >= 0.3 is 0 Å². The van der Waals surface area contributed by atoms with Gasteiger partial charge in [0, 0.05) is 39.3 Å². The molecule has 0 amide bonds. The summed E-state index contributed by atoms with van der Waals surface area (Å²) in [5, 5.41) is 17.2. The number of nitro groups is 1. The second-order valence-electron chi connectivity index (χ2n) is 4.89. The first kappa shape index (κ1) is 14.7. The second kappa shape index (κ2) is 6.62. The van der Waals surface area contributed by atoms with Crippen molar-refractivity contribution in [1.29, 1.82) is 0 Å². The quantitative estimate of drug-likeness (QED) is 0.630. The lowest BCUT2D eigenvalue weighted by Crippen LogP contribution is -2.45. The number of benzene rings is 1. The predicted octanol–water partition coefficient (Wildman–Crippen LogP) is 1.36. The molecule has 0 saturated carbocycles. The van der Waals surface area contributed by atoms with Crippen molar-refractivity contribution in [2.24, 2.45) is 0 Å². The standard InChI is InChI=1S/C13H19FN4O2/c1-10-8-12(13(18(19)20)9-11(10)14)16-4-7-17-5-2-15-3-6-17/h8-9,15-16H,2-7H2,1H3. The van der Waals surface area contributed by atoms with Crippen molar-refractivity contribution in [3.8, 4) is 0 Å². The van der Waals surface area contributed by atoms with E-state index >= 15 is 0 Å². The van der Waals surface area contributed by atoms with E-state index in [-0.39, 0.29) is 5.69 Å².